The highest BCUT2D eigenvalue weighted by Gasteiger charge is 2.07. The van der Waals surface area contributed by atoms with Gasteiger partial charge in [0.15, 0.2) is 0 Å². The highest BCUT2D eigenvalue weighted by Crippen LogP contribution is 2.19. The molecule has 2 rings (SSSR count). The molecule has 0 heterocycles. The Bertz CT molecular complexity index is 667. The van der Waals surface area contributed by atoms with Crippen molar-refractivity contribution in [2.45, 2.75) is 46.0 Å². The number of carbonyl (C=O) groups excluding carboxylic acids is 1. The number of anilines is 1. The summed E-state index contributed by atoms with van der Waals surface area (Å²) < 4.78 is 11.3. The molecule has 1 N–H and O–H groups in total. The molecule has 0 aliphatic rings. The number of nitrogens with one attached hydrogen (secondary N) is 1. The van der Waals surface area contributed by atoms with E-state index in [0.717, 1.165) is 36.6 Å². The van der Waals surface area contributed by atoms with Crippen molar-refractivity contribution >= 4 is 11.6 Å². The fourth-order valence-corrected chi connectivity index (χ4v) is 2.51. The highest BCUT2D eigenvalue weighted by atomic mass is 16.5. The number of carbonyl (C=O) groups is 1. The van der Waals surface area contributed by atoms with E-state index in [1.165, 1.54) is 19.3 Å². The number of ether oxygens (including phenoxy) is 2. The van der Waals surface area contributed by atoms with Gasteiger partial charge in [0, 0.05) is 17.3 Å². The molecule has 140 valence electrons. The van der Waals surface area contributed by atoms with Crippen molar-refractivity contribution in [1.29, 1.82) is 0 Å². The third kappa shape index (κ3) is 6.79. The Morgan fingerprint density at radius 1 is 0.846 bits per heavy atom. The number of hydrogen-bond acceptors (Lipinski definition) is 3. The quantitative estimate of drug-likeness (QED) is 0.527. The van der Waals surface area contributed by atoms with Gasteiger partial charge in [-0.3, -0.25) is 4.79 Å². The van der Waals surface area contributed by atoms with E-state index >= 15 is 0 Å². The van der Waals surface area contributed by atoms with Gasteiger partial charge in [-0.2, -0.15) is 0 Å². The van der Waals surface area contributed by atoms with Crippen LogP contribution in [0, 0.1) is 0 Å². The summed E-state index contributed by atoms with van der Waals surface area (Å²) in [6.45, 7) is 5.64. The second-order valence-electron chi connectivity index (χ2n) is 6.26. The van der Waals surface area contributed by atoms with Gasteiger partial charge in [-0.15, -0.1) is 0 Å². The van der Waals surface area contributed by atoms with Crippen LogP contribution in [-0.4, -0.2) is 19.1 Å². The summed E-state index contributed by atoms with van der Waals surface area (Å²) in [6, 6.07) is 14.7. The molecule has 0 aliphatic heterocycles. The number of amides is 1. The molecule has 0 unspecified atom stereocenters. The third-order valence-electron chi connectivity index (χ3n) is 3.95. The highest BCUT2D eigenvalue weighted by molar-refractivity contribution is 6.04. The maximum atomic E-state index is 12.4. The lowest BCUT2D eigenvalue weighted by Gasteiger charge is -2.09. The van der Waals surface area contributed by atoms with Gasteiger partial charge in [0.2, 0.25) is 0 Å². The van der Waals surface area contributed by atoms with Crippen LogP contribution in [0.25, 0.3) is 0 Å². The minimum absolute atomic E-state index is 0.146. The van der Waals surface area contributed by atoms with E-state index in [2.05, 4.69) is 19.2 Å². The molecule has 0 fully saturated rings. The summed E-state index contributed by atoms with van der Waals surface area (Å²) in [5.41, 5.74) is 1.32. The number of rotatable bonds is 11. The predicted molar refractivity (Wildman–Crippen MR) is 106 cm³/mol. The minimum Gasteiger partial charge on any atom is -0.494 e. The Labute approximate surface area is 156 Å². The summed E-state index contributed by atoms with van der Waals surface area (Å²) in [5.74, 6) is 1.41. The van der Waals surface area contributed by atoms with Gasteiger partial charge < -0.3 is 14.8 Å². The zero-order chi connectivity index (χ0) is 18.6. The van der Waals surface area contributed by atoms with Crippen molar-refractivity contribution in [1.82, 2.24) is 0 Å². The first-order valence-electron chi connectivity index (χ1n) is 9.50. The van der Waals surface area contributed by atoms with Crippen molar-refractivity contribution < 1.29 is 14.3 Å². The summed E-state index contributed by atoms with van der Waals surface area (Å²) >= 11 is 0. The lowest BCUT2D eigenvalue weighted by Crippen LogP contribution is -2.12. The van der Waals surface area contributed by atoms with Crippen LogP contribution in [0.15, 0.2) is 48.5 Å². The average Bonchev–Trinajstić information content (AvgIpc) is 2.67. The van der Waals surface area contributed by atoms with Crippen molar-refractivity contribution in [2.24, 2.45) is 0 Å². The van der Waals surface area contributed by atoms with Crippen molar-refractivity contribution in [3.63, 3.8) is 0 Å². The molecule has 0 atom stereocenters. The molecule has 4 heteroatoms. The smallest absolute Gasteiger partial charge is 0.255 e. The maximum Gasteiger partial charge on any atom is 0.255 e. The summed E-state index contributed by atoms with van der Waals surface area (Å²) in [5, 5.41) is 2.90. The van der Waals surface area contributed by atoms with Crippen LogP contribution in [0.4, 0.5) is 5.69 Å². The zero-order valence-corrected chi connectivity index (χ0v) is 15.8. The Morgan fingerprint density at radius 2 is 1.62 bits per heavy atom. The SMILES string of the molecule is CCCCCCOc1ccc(C(=O)Nc2cccc(OCCC)c2)cc1. The molecule has 0 saturated heterocycles. The van der Waals surface area contributed by atoms with Crippen LogP contribution in [0.5, 0.6) is 11.5 Å². The molecule has 4 nitrogen and oxygen atoms in total. The second-order valence-corrected chi connectivity index (χ2v) is 6.26. The molecule has 2 aromatic carbocycles. The van der Waals surface area contributed by atoms with Gasteiger partial charge in [-0.1, -0.05) is 39.2 Å². The topological polar surface area (TPSA) is 47.6 Å². The molecular weight excluding hydrogens is 326 g/mol. The van der Waals surface area contributed by atoms with Gasteiger partial charge >= 0.3 is 0 Å². The fraction of sp³-hybridized carbons (Fsp3) is 0.409. The van der Waals surface area contributed by atoms with E-state index in [4.69, 9.17) is 9.47 Å². The molecule has 0 bridgehead atoms. The molecule has 0 aliphatic carbocycles. The molecule has 26 heavy (non-hydrogen) atoms. The fourth-order valence-electron chi connectivity index (χ4n) is 2.51. The summed E-state index contributed by atoms with van der Waals surface area (Å²) in [6.07, 6.45) is 5.67. The van der Waals surface area contributed by atoms with Gasteiger partial charge in [-0.05, 0) is 49.2 Å². The van der Waals surface area contributed by atoms with Crippen LogP contribution in [-0.2, 0) is 0 Å². The van der Waals surface area contributed by atoms with E-state index in [1.807, 2.05) is 36.4 Å². The first kappa shape index (κ1) is 19.8. The van der Waals surface area contributed by atoms with Gasteiger partial charge in [0.25, 0.3) is 5.91 Å². The number of hydrogen-bond donors (Lipinski definition) is 1. The minimum atomic E-state index is -0.146. The van der Waals surface area contributed by atoms with Gasteiger partial charge in [0.1, 0.15) is 11.5 Å². The Hall–Kier alpha value is -2.49. The van der Waals surface area contributed by atoms with Crippen LogP contribution in [0.3, 0.4) is 0 Å². The Morgan fingerprint density at radius 3 is 2.35 bits per heavy atom. The number of benzene rings is 2. The standard InChI is InChI=1S/C22H29NO3/c1-3-5-6-7-16-26-20-13-11-18(12-14-20)22(24)23-19-9-8-10-21(17-19)25-15-4-2/h8-14,17H,3-7,15-16H2,1-2H3,(H,23,24). The molecular formula is C22H29NO3. The molecule has 0 radical (unpaired) electrons. The largest absolute Gasteiger partial charge is 0.494 e. The molecule has 2 aromatic rings. The van der Waals surface area contributed by atoms with Crippen LogP contribution < -0.4 is 14.8 Å². The first-order valence-corrected chi connectivity index (χ1v) is 9.50. The van der Waals surface area contributed by atoms with Crippen LogP contribution in [0.2, 0.25) is 0 Å². The Kier molecular flexibility index (Phi) is 8.53. The lowest BCUT2D eigenvalue weighted by molar-refractivity contribution is 0.102. The van der Waals surface area contributed by atoms with E-state index < -0.39 is 0 Å². The normalized spacial score (nSPS) is 10.4. The van der Waals surface area contributed by atoms with E-state index in [-0.39, 0.29) is 5.91 Å². The first-order chi connectivity index (χ1) is 12.7. The lowest BCUT2D eigenvalue weighted by atomic mass is 10.2. The molecule has 0 spiro atoms. The molecule has 0 saturated carbocycles. The average molecular weight is 355 g/mol. The van der Waals surface area contributed by atoms with Crippen molar-refractivity contribution in [3.8, 4) is 11.5 Å². The van der Waals surface area contributed by atoms with Crippen LogP contribution in [0.1, 0.15) is 56.3 Å². The van der Waals surface area contributed by atoms with E-state index in [0.29, 0.717) is 12.2 Å². The predicted octanol–water partition coefficient (Wildman–Crippen LogP) is 5.69. The molecule has 1 amide bonds. The third-order valence-corrected chi connectivity index (χ3v) is 3.95. The van der Waals surface area contributed by atoms with Gasteiger partial charge in [0.05, 0.1) is 13.2 Å². The van der Waals surface area contributed by atoms with Crippen molar-refractivity contribution in [2.75, 3.05) is 18.5 Å². The van der Waals surface area contributed by atoms with E-state index in [9.17, 15) is 4.79 Å². The van der Waals surface area contributed by atoms with Crippen LogP contribution >= 0.6 is 0 Å². The van der Waals surface area contributed by atoms with Gasteiger partial charge in [-0.25, -0.2) is 0 Å². The second kappa shape index (κ2) is 11.2. The number of unbranched alkanes of at least 4 members (excludes halogenated alkanes) is 3. The maximum absolute atomic E-state index is 12.4. The van der Waals surface area contributed by atoms with E-state index in [1.54, 1.807) is 12.1 Å². The summed E-state index contributed by atoms with van der Waals surface area (Å²) in [4.78, 5) is 12.4. The molecule has 0 aromatic heterocycles. The van der Waals surface area contributed by atoms with Crippen molar-refractivity contribution in [3.05, 3.63) is 54.1 Å². The monoisotopic (exact) mass is 355 g/mol. The summed E-state index contributed by atoms with van der Waals surface area (Å²) in [7, 11) is 0. The Balaban J connectivity index is 1.85. The zero-order valence-electron chi connectivity index (χ0n) is 15.8.